The molecule has 4 rings (SSSR count). The first kappa shape index (κ1) is 18.8. The fraction of sp³-hybridized carbons (Fsp3) is 0.435. The summed E-state index contributed by atoms with van der Waals surface area (Å²) in [5.74, 6) is 0. The second kappa shape index (κ2) is 8.65. The van der Waals surface area contributed by atoms with Crippen molar-refractivity contribution in [1.29, 1.82) is 0 Å². The third-order valence-corrected chi connectivity index (χ3v) is 5.85. The van der Waals surface area contributed by atoms with Crippen molar-refractivity contribution in [3.63, 3.8) is 0 Å². The Morgan fingerprint density at radius 1 is 1.07 bits per heavy atom. The van der Waals surface area contributed by atoms with Gasteiger partial charge in [-0.1, -0.05) is 42.5 Å². The molecule has 2 unspecified atom stereocenters. The summed E-state index contributed by atoms with van der Waals surface area (Å²) in [5.41, 5.74) is 4.04. The van der Waals surface area contributed by atoms with Gasteiger partial charge in [0.2, 0.25) is 0 Å². The molecular weight excluding hydrogens is 348 g/mol. The lowest BCUT2D eigenvalue weighted by Gasteiger charge is -2.44. The summed E-state index contributed by atoms with van der Waals surface area (Å²) < 4.78 is 0. The van der Waals surface area contributed by atoms with E-state index >= 15 is 0 Å². The lowest BCUT2D eigenvalue weighted by molar-refractivity contribution is 0.141. The number of para-hydroxylation sites is 1. The number of rotatable bonds is 4. The molecule has 2 N–H and O–H groups in total. The molecule has 2 aromatic carbocycles. The van der Waals surface area contributed by atoms with Gasteiger partial charge in [0.25, 0.3) is 0 Å². The van der Waals surface area contributed by atoms with Crippen molar-refractivity contribution in [2.45, 2.75) is 38.4 Å². The van der Waals surface area contributed by atoms with Crippen molar-refractivity contribution in [2.75, 3.05) is 31.1 Å². The van der Waals surface area contributed by atoms with Crippen LogP contribution in [0.4, 0.5) is 10.5 Å². The number of benzene rings is 2. The molecule has 2 aromatic rings. The van der Waals surface area contributed by atoms with E-state index in [4.69, 9.17) is 0 Å². The number of carbonyl (C=O) groups excluding carboxylic acids is 1. The van der Waals surface area contributed by atoms with Crippen LogP contribution in [0.1, 0.15) is 36.9 Å². The monoisotopic (exact) mass is 378 g/mol. The fourth-order valence-corrected chi connectivity index (χ4v) is 4.45. The zero-order valence-electron chi connectivity index (χ0n) is 16.6. The Kier molecular flexibility index (Phi) is 5.81. The van der Waals surface area contributed by atoms with Gasteiger partial charge in [-0.3, -0.25) is 5.32 Å². The highest BCUT2D eigenvalue weighted by atomic mass is 16.2. The lowest BCUT2D eigenvalue weighted by atomic mass is 9.87. The van der Waals surface area contributed by atoms with E-state index in [2.05, 4.69) is 64.1 Å². The molecule has 0 radical (unpaired) electrons. The Morgan fingerprint density at radius 2 is 1.86 bits per heavy atom. The molecule has 1 heterocycles. The SMILES string of the molecule is CCNC(=O)N1CCN(c2ccccc2)CC1NC1CCCc2ccccc21. The molecule has 1 aliphatic carbocycles. The Morgan fingerprint density at radius 3 is 2.68 bits per heavy atom. The van der Waals surface area contributed by atoms with Gasteiger partial charge < -0.3 is 15.1 Å². The fourth-order valence-electron chi connectivity index (χ4n) is 4.45. The minimum absolute atomic E-state index is 0.0170. The summed E-state index contributed by atoms with van der Waals surface area (Å²) in [6, 6.07) is 19.5. The molecule has 2 atom stereocenters. The van der Waals surface area contributed by atoms with Gasteiger partial charge in [-0.15, -0.1) is 0 Å². The van der Waals surface area contributed by atoms with Gasteiger partial charge in [-0.2, -0.15) is 0 Å². The summed E-state index contributed by atoms with van der Waals surface area (Å²) in [4.78, 5) is 17.0. The number of fused-ring (bicyclic) bond motifs is 1. The number of hydrogen-bond donors (Lipinski definition) is 2. The van der Waals surface area contributed by atoms with Gasteiger partial charge in [-0.25, -0.2) is 4.79 Å². The highest BCUT2D eigenvalue weighted by Crippen LogP contribution is 2.30. The molecule has 1 fully saturated rings. The maximum absolute atomic E-state index is 12.7. The molecule has 148 valence electrons. The van der Waals surface area contributed by atoms with Crippen LogP contribution >= 0.6 is 0 Å². The molecule has 1 aliphatic heterocycles. The molecular formula is C23H30N4O. The van der Waals surface area contributed by atoms with Gasteiger partial charge in [0.05, 0.1) is 6.54 Å². The van der Waals surface area contributed by atoms with Crippen molar-refractivity contribution >= 4 is 11.7 Å². The Bertz CT molecular complexity index is 794. The first-order valence-corrected chi connectivity index (χ1v) is 10.4. The number of nitrogens with one attached hydrogen (secondary N) is 2. The zero-order valence-corrected chi connectivity index (χ0v) is 16.6. The van der Waals surface area contributed by atoms with E-state index in [1.165, 1.54) is 23.2 Å². The molecule has 0 spiro atoms. The molecule has 28 heavy (non-hydrogen) atoms. The standard InChI is InChI=1S/C23H30N4O/c1-2-24-23(28)27-16-15-26(19-11-4-3-5-12-19)17-22(27)25-21-14-8-10-18-9-6-7-13-20(18)21/h3-7,9,11-13,21-22,25H,2,8,10,14-17H2,1H3,(H,24,28). The van der Waals surface area contributed by atoms with E-state index in [0.717, 1.165) is 25.9 Å². The van der Waals surface area contributed by atoms with Gasteiger partial charge in [-0.05, 0) is 49.4 Å². The second-order valence-corrected chi connectivity index (χ2v) is 7.64. The smallest absolute Gasteiger partial charge is 0.318 e. The number of nitrogens with zero attached hydrogens (tertiary/aromatic N) is 2. The quantitative estimate of drug-likeness (QED) is 0.856. The Labute approximate surface area is 167 Å². The largest absolute Gasteiger partial charge is 0.366 e. The zero-order chi connectivity index (χ0) is 19.3. The number of anilines is 1. The topological polar surface area (TPSA) is 47.6 Å². The highest BCUT2D eigenvalue weighted by Gasteiger charge is 2.33. The number of piperazine rings is 1. The molecule has 1 saturated heterocycles. The minimum Gasteiger partial charge on any atom is -0.366 e. The third kappa shape index (κ3) is 3.99. The first-order valence-electron chi connectivity index (χ1n) is 10.4. The summed E-state index contributed by atoms with van der Waals surface area (Å²) >= 11 is 0. The van der Waals surface area contributed by atoms with Gasteiger partial charge in [0, 0.05) is 31.4 Å². The van der Waals surface area contributed by atoms with Crippen LogP contribution in [-0.4, -0.2) is 43.3 Å². The molecule has 2 aliphatic rings. The van der Waals surface area contributed by atoms with Crippen LogP contribution in [0.25, 0.3) is 0 Å². The minimum atomic E-state index is -0.0170. The highest BCUT2D eigenvalue weighted by molar-refractivity contribution is 5.75. The van der Waals surface area contributed by atoms with Gasteiger partial charge >= 0.3 is 6.03 Å². The summed E-state index contributed by atoms with van der Waals surface area (Å²) in [7, 11) is 0. The summed E-state index contributed by atoms with van der Waals surface area (Å²) in [6.07, 6.45) is 3.43. The number of aryl methyl sites for hydroxylation is 1. The van der Waals surface area contributed by atoms with Crippen molar-refractivity contribution in [3.8, 4) is 0 Å². The lowest BCUT2D eigenvalue weighted by Crippen LogP contribution is -2.63. The van der Waals surface area contributed by atoms with E-state index in [1.807, 2.05) is 17.9 Å². The molecule has 0 bridgehead atoms. The normalized spacial score (nSPS) is 21.9. The number of amides is 2. The van der Waals surface area contributed by atoms with Crippen molar-refractivity contribution in [2.24, 2.45) is 0 Å². The average molecular weight is 379 g/mol. The van der Waals surface area contributed by atoms with Crippen molar-refractivity contribution < 1.29 is 4.79 Å². The van der Waals surface area contributed by atoms with Crippen LogP contribution < -0.4 is 15.5 Å². The molecule has 0 saturated carbocycles. The third-order valence-electron chi connectivity index (χ3n) is 5.85. The summed E-state index contributed by atoms with van der Waals surface area (Å²) in [5, 5.41) is 6.81. The van der Waals surface area contributed by atoms with Crippen LogP contribution in [0.2, 0.25) is 0 Å². The van der Waals surface area contributed by atoms with E-state index < -0.39 is 0 Å². The number of hydrogen-bond acceptors (Lipinski definition) is 3. The van der Waals surface area contributed by atoms with E-state index in [9.17, 15) is 4.79 Å². The van der Waals surface area contributed by atoms with E-state index in [0.29, 0.717) is 19.1 Å². The molecule has 2 amide bonds. The van der Waals surface area contributed by atoms with Crippen LogP contribution in [0.3, 0.4) is 0 Å². The van der Waals surface area contributed by atoms with Crippen LogP contribution in [0.5, 0.6) is 0 Å². The van der Waals surface area contributed by atoms with Crippen molar-refractivity contribution in [3.05, 3.63) is 65.7 Å². The summed E-state index contributed by atoms with van der Waals surface area (Å²) in [6.45, 7) is 4.97. The van der Waals surface area contributed by atoms with Crippen LogP contribution in [0.15, 0.2) is 54.6 Å². The Balaban J connectivity index is 1.55. The average Bonchev–Trinajstić information content (AvgIpc) is 2.75. The maximum atomic E-state index is 12.7. The predicted octanol–water partition coefficient (Wildman–Crippen LogP) is 3.53. The number of urea groups is 1. The first-order chi connectivity index (χ1) is 13.8. The Hall–Kier alpha value is -2.53. The van der Waals surface area contributed by atoms with E-state index in [-0.39, 0.29) is 12.2 Å². The molecule has 5 nitrogen and oxygen atoms in total. The maximum Gasteiger partial charge on any atom is 0.318 e. The van der Waals surface area contributed by atoms with Crippen LogP contribution in [0, 0.1) is 0 Å². The van der Waals surface area contributed by atoms with Crippen LogP contribution in [-0.2, 0) is 6.42 Å². The molecule has 0 aromatic heterocycles. The van der Waals surface area contributed by atoms with Gasteiger partial charge in [0.1, 0.15) is 6.17 Å². The molecule has 5 heteroatoms. The second-order valence-electron chi connectivity index (χ2n) is 7.64. The number of carbonyl (C=O) groups is 1. The van der Waals surface area contributed by atoms with Gasteiger partial charge in [0.15, 0.2) is 0 Å². The van der Waals surface area contributed by atoms with Crippen molar-refractivity contribution in [1.82, 2.24) is 15.5 Å². The van der Waals surface area contributed by atoms with E-state index in [1.54, 1.807) is 0 Å². The predicted molar refractivity (Wildman–Crippen MR) is 113 cm³/mol.